The SMILES string of the molecule is CC[C@@H](C)c1ccccc1N1C[C@H](C(=O)Nc2ccc(C#N)cc2)CC1=O. The van der Waals surface area contributed by atoms with Crippen LogP contribution in [0.5, 0.6) is 0 Å². The van der Waals surface area contributed by atoms with Crippen LogP contribution in [0.25, 0.3) is 0 Å². The maximum atomic E-state index is 12.6. The Kier molecular flexibility index (Phi) is 5.56. The van der Waals surface area contributed by atoms with Gasteiger partial charge in [0.1, 0.15) is 0 Å². The number of rotatable bonds is 5. The zero-order valence-corrected chi connectivity index (χ0v) is 15.6. The van der Waals surface area contributed by atoms with E-state index in [4.69, 9.17) is 5.26 Å². The third kappa shape index (κ3) is 4.01. The van der Waals surface area contributed by atoms with Gasteiger partial charge in [-0.25, -0.2) is 0 Å². The Morgan fingerprint density at radius 3 is 2.63 bits per heavy atom. The van der Waals surface area contributed by atoms with E-state index in [0.717, 1.165) is 17.7 Å². The molecule has 2 amide bonds. The molecule has 1 heterocycles. The third-order valence-corrected chi connectivity index (χ3v) is 5.15. The fourth-order valence-corrected chi connectivity index (χ4v) is 3.36. The van der Waals surface area contributed by atoms with E-state index in [2.05, 4.69) is 25.2 Å². The van der Waals surface area contributed by atoms with Crippen molar-refractivity contribution in [3.05, 3.63) is 59.7 Å². The number of amides is 2. The molecule has 2 atom stereocenters. The molecule has 0 unspecified atom stereocenters. The molecule has 27 heavy (non-hydrogen) atoms. The maximum absolute atomic E-state index is 12.6. The van der Waals surface area contributed by atoms with Crippen LogP contribution in [-0.4, -0.2) is 18.4 Å². The molecule has 0 aromatic heterocycles. The van der Waals surface area contributed by atoms with Gasteiger partial charge in [0.25, 0.3) is 0 Å². The summed E-state index contributed by atoms with van der Waals surface area (Å²) in [6.07, 6.45) is 1.19. The summed E-state index contributed by atoms with van der Waals surface area (Å²) >= 11 is 0. The normalized spacial score (nSPS) is 17.4. The minimum absolute atomic E-state index is 0.0225. The first kappa shape index (κ1) is 18.7. The van der Waals surface area contributed by atoms with E-state index in [-0.39, 0.29) is 18.2 Å². The summed E-state index contributed by atoms with van der Waals surface area (Å²) < 4.78 is 0. The van der Waals surface area contributed by atoms with Crippen molar-refractivity contribution in [2.24, 2.45) is 5.92 Å². The van der Waals surface area contributed by atoms with Crippen LogP contribution in [0.15, 0.2) is 48.5 Å². The van der Waals surface area contributed by atoms with Gasteiger partial charge in [-0.1, -0.05) is 32.0 Å². The fourth-order valence-electron chi connectivity index (χ4n) is 3.36. The smallest absolute Gasteiger partial charge is 0.229 e. The molecule has 1 N–H and O–H groups in total. The van der Waals surface area contributed by atoms with Crippen molar-refractivity contribution in [1.82, 2.24) is 0 Å². The Labute approximate surface area is 159 Å². The van der Waals surface area contributed by atoms with Gasteiger partial charge in [0.15, 0.2) is 0 Å². The minimum atomic E-state index is -0.391. The zero-order valence-electron chi connectivity index (χ0n) is 15.6. The molecule has 0 radical (unpaired) electrons. The first-order valence-electron chi connectivity index (χ1n) is 9.23. The standard InChI is InChI=1S/C22H23N3O2/c1-3-15(2)19-6-4-5-7-20(19)25-14-17(12-21(25)26)22(27)24-18-10-8-16(13-23)9-11-18/h4-11,15,17H,3,12,14H2,1-2H3,(H,24,27)/t15-,17-/m1/s1. The molecule has 1 aliphatic heterocycles. The van der Waals surface area contributed by atoms with Crippen LogP contribution in [0.4, 0.5) is 11.4 Å². The number of hydrogen-bond acceptors (Lipinski definition) is 3. The number of hydrogen-bond donors (Lipinski definition) is 1. The molecule has 5 heteroatoms. The van der Waals surface area contributed by atoms with Crippen LogP contribution in [0, 0.1) is 17.2 Å². The fraction of sp³-hybridized carbons (Fsp3) is 0.318. The number of carbonyl (C=O) groups is 2. The van der Waals surface area contributed by atoms with Crippen molar-refractivity contribution in [3.63, 3.8) is 0 Å². The first-order chi connectivity index (χ1) is 13.0. The van der Waals surface area contributed by atoms with Crippen molar-refractivity contribution < 1.29 is 9.59 Å². The average Bonchev–Trinajstić information content (AvgIpc) is 3.09. The second-order valence-electron chi connectivity index (χ2n) is 6.95. The van der Waals surface area contributed by atoms with Crippen LogP contribution >= 0.6 is 0 Å². The van der Waals surface area contributed by atoms with E-state index in [1.807, 2.05) is 24.3 Å². The van der Waals surface area contributed by atoms with Gasteiger partial charge in [0.05, 0.1) is 17.6 Å². The van der Waals surface area contributed by atoms with Crippen molar-refractivity contribution in [2.75, 3.05) is 16.8 Å². The number of benzene rings is 2. The van der Waals surface area contributed by atoms with E-state index >= 15 is 0 Å². The van der Waals surface area contributed by atoms with Crippen LogP contribution in [0.3, 0.4) is 0 Å². The summed E-state index contributed by atoms with van der Waals surface area (Å²) in [5.74, 6) is -0.235. The number of para-hydroxylation sites is 1. The predicted octanol–water partition coefficient (Wildman–Crippen LogP) is 4.06. The lowest BCUT2D eigenvalue weighted by Gasteiger charge is -2.23. The number of carbonyl (C=O) groups excluding carboxylic acids is 2. The highest BCUT2D eigenvalue weighted by Crippen LogP contribution is 2.33. The lowest BCUT2D eigenvalue weighted by Crippen LogP contribution is -2.29. The van der Waals surface area contributed by atoms with E-state index in [9.17, 15) is 9.59 Å². The lowest BCUT2D eigenvalue weighted by molar-refractivity contribution is -0.122. The lowest BCUT2D eigenvalue weighted by atomic mass is 9.96. The summed E-state index contributed by atoms with van der Waals surface area (Å²) in [7, 11) is 0. The van der Waals surface area contributed by atoms with Crippen molar-refractivity contribution >= 4 is 23.2 Å². The third-order valence-electron chi connectivity index (χ3n) is 5.15. The molecule has 1 saturated heterocycles. The largest absolute Gasteiger partial charge is 0.326 e. The van der Waals surface area contributed by atoms with Crippen LogP contribution < -0.4 is 10.2 Å². The average molecular weight is 361 g/mol. The molecular formula is C22H23N3O2. The quantitative estimate of drug-likeness (QED) is 0.873. The monoisotopic (exact) mass is 361 g/mol. The molecule has 1 fully saturated rings. The van der Waals surface area contributed by atoms with E-state index < -0.39 is 5.92 Å². The molecule has 5 nitrogen and oxygen atoms in total. The van der Waals surface area contributed by atoms with Crippen LogP contribution in [0.1, 0.15) is 43.7 Å². The summed E-state index contributed by atoms with van der Waals surface area (Å²) in [5, 5.41) is 11.7. The van der Waals surface area contributed by atoms with Crippen molar-refractivity contribution in [1.29, 1.82) is 5.26 Å². The molecule has 0 saturated carbocycles. The predicted molar refractivity (Wildman–Crippen MR) is 105 cm³/mol. The Morgan fingerprint density at radius 2 is 1.96 bits per heavy atom. The summed E-state index contributed by atoms with van der Waals surface area (Å²) in [6.45, 7) is 4.66. The summed E-state index contributed by atoms with van der Waals surface area (Å²) in [4.78, 5) is 27.0. The topological polar surface area (TPSA) is 73.2 Å². The maximum Gasteiger partial charge on any atom is 0.229 e. The second-order valence-corrected chi connectivity index (χ2v) is 6.95. The first-order valence-corrected chi connectivity index (χ1v) is 9.23. The van der Waals surface area contributed by atoms with Gasteiger partial charge in [-0.05, 0) is 48.2 Å². The Bertz CT molecular complexity index is 883. The van der Waals surface area contributed by atoms with Crippen molar-refractivity contribution in [2.45, 2.75) is 32.6 Å². The Morgan fingerprint density at radius 1 is 1.26 bits per heavy atom. The number of nitriles is 1. The molecule has 2 aromatic rings. The summed E-state index contributed by atoms with van der Waals surface area (Å²) in [6, 6.07) is 16.7. The molecule has 0 aliphatic carbocycles. The van der Waals surface area contributed by atoms with Gasteiger partial charge in [0.2, 0.25) is 11.8 Å². The van der Waals surface area contributed by atoms with Crippen LogP contribution in [-0.2, 0) is 9.59 Å². The van der Waals surface area contributed by atoms with Gasteiger partial charge in [-0.2, -0.15) is 5.26 Å². The van der Waals surface area contributed by atoms with E-state index in [1.165, 1.54) is 0 Å². The van der Waals surface area contributed by atoms with Gasteiger partial charge in [0, 0.05) is 24.3 Å². The van der Waals surface area contributed by atoms with Gasteiger partial charge >= 0.3 is 0 Å². The Balaban J connectivity index is 1.73. The minimum Gasteiger partial charge on any atom is -0.326 e. The van der Waals surface area contributed by atoms with Crippen LogP contribution in [0.2, 0.25) is 0 Å². The highest BCUT2D eigenvalue weighted by Gasteiger charge is 2.36. The number of nitrogens with one attached hydrogen (secondary N) is 1. The molecule has 138 valence electrons. The number of nitrogens with zero attached hydrogens (tertiary/aromatic N) is 2. The van der Waals surface area contributed by atoms with Crippen molar-refractivity contribution in [3.8, 4) is 6.07 Å². The van der Waals surface area contributed by atoms with E-state index in [0.29, 0.717) is 23.7 Å². The molecular weight excluding hydrogens is 338 g/mol. The van der Waals surface area contributed by atoms with Gasteiger partial charge < -0.3 is 10.2 Å². The molecule has 0 bridgehead atoms. The highest BCUT2D eigenvalue weighted by molar-refractivity contribution is 6.03. The van der Waals surface area contributed by atoms with Gasteiger partial charge in [-0.3, -0.25) is 9.59 Å². The molecule has 0 spiro atoms. The van der Waals surface area contributed by atoms with E-state index in [1.54, 1.807) is 29.2 Å². The second kappa shape index (κ2) is 8.05. The Hall–Kier alpha value is -3.13. The molecule has 2 aromatic carbocycles. The zero-order chi connectivity index (χ0) is 19.4. The summed E-state index contributed by atoms with van der Waals surface area (Å²) in [5.41, 5.74) is 3.22. The molecule has 3 rings (SSSR count). The van der Waals surface area contributed by atoms with Gasteiger partial charge in [-0.15, -0.1) is 0 Å². The number of anilines is 2. The highest BCUT2D eigenvalue weighted by atomic mass is 16.2. The molecule has 1 aliphatic rings.